The highest BCUT2D eigenvalue weighted by Gasteiger charge is 2.27. The molecular weight excluding hydrogens is 284 g/mol. The number of benzene rings is 1. The zero-order valence-electron chi connectivity index (χ0n) is 11.1. The molecule has 1 atom stereocenters. The number of sulfonamides is 1. The number of carbonyl (C=O) groups excluding carboxylic acids is 1. The number of carboxylic acid groups (broad SMARTS) is 1. The Hall–Kier alpha value is -1.93. The van der Waals surface area contributed by atoms with E-state index in [0.717, 1.165) is 11.1 Å². The second-order valence-electron chi connectivity index (χ2n) is 4.51. The van der Waals surface area contributed by atoms with Crippen molar-refractivity contribution in [3.8, 4) is 0 Å². The van der Waals surface area contributed by atoms with Gasteiger partial charge >= 0.3 is 5.97 Å². The molecule has 0 aromatic heterocycles. The first-order valence-electron chi connectivity index (χ1n) is 5.73. The van der Waals surface area contributed by atoms with Gasteiger partial charge in [-0.3, -0.25) is 9.59 Å². The SMILES string of the molecule is Cc1cc(C)cc(S(=O)(=O)N[C@H](CC(N)=O)C(=O)O)c1. The quantitative estimate of drug-likeness (QED) is 0.676. The Morgan fingerprint density at radius 2 is 1.75 bits per heavy atom. The predicted molar refractivity (Wildman–Crippen MR) is 71.5 cm³/mol. The number of nitrogens with one attached hydrogen (secondary N) is 1. The summed E-state index contributed by atoms with van der Waals surface area (Å²) in [6, 6.07) is 3.03. The Morgan fingerprint density at radius 3 is 2.15 bits per heavy atom. The second kappa shape index (κ2) is 6.02. The van der Waals surface area contributed by atoms with Crippen molar-refractivity contribution in [2.75, 3.05) is 0 Å². The number of carboxylic acids is 1. The summed E-state index contributed by atoms with van der Waals surface area (Å²) in [6.45, 7) is 3.45. The number of hydrogen-bond donors (Lipinski definition) is 3. The number of rotatable bonds is 6. The normalized spacial score (nSPS) is 12.9. The smallest absolute Gasteiger partial charge is 0.322 e. The molecule has 110 valence electrons. The number of hydrogen-bond acceptors (Lipinski definition) is 4. The van der Waals surface area contributed by atoms with Crippen molar-refractivity contribution in [2.45, 2.75) is 31.2 Å². The molecule has 1 rings (SSSR count). The van der Waals surface area contributed by atoms with Crippen LogP contribution in [-0.4, -0.2) is 31.4 Å². The first kappa shape index (κ1) is 16.1. The molecule has 0 bridgehead atoms. The highest BCUT2D eigenvalue weighted by Crippen LogP contribution is 2.15. The van der Waals surface area contributed by atoms with Crippen LogP contribution in [0.3, 0.4) is 0 Å². The number of aryl methyl sites for hydroxylation is 2. The Morgan fingerprint density at radius 1 is 1.25 bits per heavy atom. The first-order chi connectivity index (χ1) is 9.11. The fraction of sp³-hybridized carbons (Fsp3) is 0.333. The fourth-order valence-corrected chi connectivity index (χ4v) is 3.10. The molecule has 1 aromatic rings. The zero-order chi connectivity index (χ0) is 15.5. The Balaban J connectivity index is 3.09. The van der Waals surface area contributed by atoms with Gasteiger partial charge < -0.3 is 10.8 Å². The van der Waals surface area contributed by atoms with Crippen LogP contribution >= 0.6 is 0 Å². The van der Waals surface area contributed by atoms with Gasteiger partial charge in [0.05, 0.1) is 11.3 Å². The van der Waals surface area contributed by atoms with Crippen LogP contribution in [0.4, 0.5) is 0 Å². The van der Waals surface area contributed by atoms with E-state index in [0.29, 0.717) is 0 Å². The Bertz CT molecular complexity index is 619. The largest absolute Gasteiger partial charge is 0.480 e. The van der Waals surface area contributed by atoms with Crippen LogP contribution in [-0.2, 0) is 19.6 Å². The van der Waals surface area contributed by atoms with Crippen molar-refractivity contribution in [1.29, 1.82) is 0 Å². The van der Waals surface area contributed by atoms with Crippen molar-refractivity contribution < 1.29 is 23.1 Å². The van der Waals surface area contributed by atoms with Crippen molar-refractivity contribution in [1.82, 2.24) is 4.72 Å². The molecule has 0 aliphatic rings. The number of amides is 1. The summed E-state index contributed by atoms with van der Waals surface area (Å²) in [6.07, 6.45) is -0.612. The fourth-order valence-electron chi connectivity index (χ4n) is 1.72. The summed E-state index contributed by atoms with van der Waals surface area (Å²) in [4.78, 5) is 21.7. The van der Waals surface area contributed by atoms with Gasteiger partial charge in [-0.25, -0.2) is 8.42 Å². The van der Waals surface area contributed by atoms with Crippen LogP contribution in [0.5, 0.6) is 0 Å². The maximum atomic E-state index is 12.1. The Kier molecular flexibility index (Phi) is 4.85. The number of nitrogens with two attached hydrogens (primary N) is 1. The highest BCUT2D eigenvalue weighted by atomic mass is 32.2. The minimum absolute atomic E-state index is 0.0503. The molecule has 1 aromatic carbocycles. The third kappa shape index (κ3) is 4.32. The molecular formula is C12H16N2O5S. The van der Waals surface area contributed by atoms with Crippen molar-refractivity contribution in [3.63, 3.8) is 0 Å². The molecule has 0 saturated heterocycles. The van der Waals surface area contributed by atoms with Gasteiger partial charge in [0.2, 0.25) is 15.9 Å². The van der Waals surface area contributed by atoms with E-state index < -0.39 is 34.4 Å². The molecule has 4 N–H and O–H groups in total. The lowest BCUT2D eigenvalue weighted by Gasteiger charge is -2.14. The molecule has 20 heavy (non-hydrogen) atoms. The Labute approximate surface area is 116 Å². The van der Waals surface area contributed by atoms with Gasteiger partial charge in [0.1, 0.15) is 6.04 Å². The number of primary amides is 1. The minimum Gasteiger partial charge on any atom is -0.480 e. The van der Waals surface area contributed by atoms with Gasteiger partial charge in [-0.2, -0.15) is 4.72 Å². The molecule has 1 amide bonds. The van der Waals surface area contributed by atoms with E-state index in [1.165, 1.54) is 12.1 Å². The van der Waals surface area contributed by atoms with Crippen LogP contribution in [0.2, 0.25) is 0 Å². The zero-order valence-corrected chi connectivity index (χ0v) is 11.9. The van der Waals surface area contributed by atoms with E-state index in [2.05, 4.69) is 0 Å². The van der Waals surface area contributed by atoms with Crippen molar-refractivity contribution >= 4 is 21.9 Å². The lowest BCUT2D eigenvalue weighted by Crippen LogP contribution is -2.43. The average Bonchev–Trinajstić information content (AvgIpc) is 2.25. The lowest BCUT2D eigenvalue weighted by molar-refractivity contribution is -0.140. The van der Waals surface area contributed by atoms with E-state index in [1.54, 1.807) is 19.9 Å². The van der Waals surface area contributed by atoms with E-state index in [4.69, 9.17) is 10.8 Å². The monoisotopic (exact) mass is 300 g/mol. The van der Waals surface area contributed by atoms with Gasteiger partial charge in [0.25, 0.3) is 0 Å². The molecule has 0 saturated carbocycles. The number of aliphatic carboxylic acids is 1. The first-order valence-corrected chi connectivity index (χ1v) is 7.22. The summed E-state index contributed by atoms with van der Waals surface area (Å²) in [5.41, 5.74) is 6.36. The van der Waals surface area contributed by atoms with E-state index >= 15 is 0 Å². The molecule has 0 aliphatic carbocycles. The maximum absolute atomic E-state index is 12.1. The van der Waals surface area contributed by atoms with Crippen molar-refractivity contribution in [2.24, 2.45) is 5.73 Å². The summed E-state index contributed by atoms with van der Waals surface area (Å²) in [7, 11) is -4.03. The molecule has 8 heteroatoms. The minimum atomic E-state index is -4.03. The van der Waals surface area contributed by atoms with Gasteiger partial charge in [-0.05, 0) is 37.1 Å². The summed E-state index contributed by atoms with van der Waals surface area (Å²) in [5.74, 6) is -2.36. The van der Waals surface area contributed by atoms with Gasteiger partial charge in [0, 0.05) is 0 Å². The standard InChI is InChI=1S/C12H16N2O5S/c1-7-3-8(2)5-9(4-7)20(18,19)14-10(12(16)17)6-11(13)15/h3-5,10,14H,6H2,1-2H3,(H2,13,15)(H,16,17)/t10-/m1/s1. The van der Waals surface area contributed by atoms with Crippen LogP contribution in [0, 0.1) is 13.8 Å². The lowest BCUT2D eigenvalue weighted by atomic mass is 10.2. The average molecular weight is 300 g/mol. The predicted octanol–water partition coefficient (Wildman–Crippen LogP) is -0.0897. The summed E-state index contributed by atoms with van der Waals surface area (Å²) in [5, 5.41) is 8.91. The van der Waals surface area contributed by atoms with Gasteiger partial charge in [0.15, 0.2) is 0 Å². The van der Waals surface area contributed by atoms with Crippen LogP contribution in [0.25, 0.3) is 0 Å². The molecule has 0 unspecified atom stereocenters. The summed E-state index contributed by atoms with van der Waals surface area (Å²) < 4.78 is 26.2. The van der Waals surface area contributed by atoms with Crippen LogP contribution < -0.4 is 10.5 Å². The van der Waals surface area contributed by atoms with E-state index in [-0.39, 0.29) is 4.90 Å². The topological polar surface area (TPSA) is 127 Å². The molecule has 0 aliphatic heterocycles. The highest BCUT2D eigenvalue weighted by molar-refractivity contribution is 7.89. The molecule has 0 heterocycles. The molecule has 0 fully saturated rings. The van der Waals surface area contributed by atoms with Gasteiger partial charge in [-0.15, -0.1) is 0 Å². The second-order valence-corrected chi connectivity index (χ2v) is 6.22. The number of carbonyl (C=O) groups is 2. The summed E-state index contributed by atoms with van der Waals surface area (Å²) >= 11 is 0. The maximum Gasteiger partial charge on any atom is 0.322 e. The van der Waals surface area contributed by atoms with Crippen LogP contribution in [0.15, 0.2) is 23.1 Å². The molecule has 0 radical (unpaired) electrons. The molecule has 7 nitrogen and oxygen atoms in total. The van der Waals surface area contributed by atoms with E-state index in [1.807, 2.05) is 4.72 Å². The van der Waals surface area contributed by atoms with Crippen molar-refractivity contribution in [3.05, 3.63) is 29.3 Å². The third-order valence-electron chi connectivity index (χ3n) is 2.51. The van der Waals surface area contributed by atoms with Crippen LogP contribution in [0.1, 0.15) is 17.5 Å². The molecule has 0 spiro atoms. The third-order valence-corrected chi connectivity index (χ3v) is 3.96. The van der Waals surface area contributed by atoms with Gasteiger partial charge in [-0.1, -0.05) is 6.07 Å². The van der Waals surface area contributed by atoms with E-state index in [9.17, 15) is 18.0 Å².